The van der Waals surface area contributed by atoms with Crippen molar-refractivity contribution in [1.29, 1.82) is 0 Å². The fraction of sp³-hybridized carbons (Fsp3) is 0.176. The summed E-state index contributed by atoms with van der Waals surface area (Å²) in [5, 5.41) is 7.31. The van der Waals surface area contributed by atoms with Crippen LogP contribution in [0.3, 0.4) is 0 Å². The van der Waals surface area contributed by atoms with E-state index in [1.54, 1.807) is 28.7 Å². The van der Waals surface area contributed by atoms with E-state index in [1.807, 2.05) is 24.5 Å². The van der Waals surface area contributed by atoms with Gasteiger partial charge in [-0.3, -0.25) is 9.48 Å². The fourth-order valence-corrected chi connectivity index (χ4v) is 3.05. The molecule has 0 radical (unpaired) electrons. The molecule has 0 aliphatic carbocycles. The average molecular weight is 337 g/mol. The summed E-state index contributed by atoms with van der Waals surface area (Å²) in [6.45, 7) is 1.28. The van der Waals surface area contributed by atoms with Gasteiger partial charge < -0.3 is 5.32 Å². The maximum absolute atomic E-state index is 11.9. The van der Waals surface area contributed by atoms with E-state index < -0.39 is 0 Å². The molecule has 24 heavy (non-hydrogen) atoms. The molecule has 1 N–H and O–H groups in total. The van der Waals surface area contributed by atoms with E-state index in [2.05, 4.69) is 32.5 Å². The number of nitrogens with one attached hydrogen (secondary N) is 1. The summed E-state index contributed by atoms with van der Waals surface area (Å²) >= 11 is 1.70. The normalized spacial score (nSPS) is 13.5. The molecule has 1 amide bonds. The lowest BCUT2D eigenvalue weighted by molar-refractivity contribution is 0.0924. The fourth-order valence-electron chi connectivity index (χ4n) is 2.64. The van der Waals surface area contributed by atoms with E-state index in [0.29, 0.717) is 36.0 Å². The highest BCUT2D eigenvalue weighted by Crippen LogP contribution is 2.23. The van der Waals surface area contributed by atoms with Crippen molar-refractivity contribution in [2.24, 2.45) is 0 Å². The molecule has 1 aliphatic heterocycles. The molecule has 7 heteroatoms. The van der Waals surface area contributed by atoms with Gasteiger partial charge >= 0.3 is 0 Å². The Morgan fingerprint density at radius 2 is 2.00 bits per heavy atom. The van der Waals surface area contributed by atoms with Crippen molar-refractivity contribution in [2.75, 3.05) is 12.8 Å². The van der Waals surface area contributed by atoms with Gasteiger partial charge in [-0.2, -0.15) is 5.10 Å². The third-order valence-electron chi connectivity index (χ3n) is 3.89. The van der Waals surface area contributed by atoms with E-state index in [0.717, 1.165) is 5.56 Å². The monoisotopic (exact) mass is 337 g/mol. The number of fused-ring (bicyclic) bond motifs is 1. The Labute approximate surface area is 143 Å². The molecule has 4 rings (SSSR count). The lowest BCUT2D eigenvalue weighted by Gasteiger charge is -2.13. The van der Waals surface area contributed by atoms with Crippen molar-refractivity contribution in [2.45, 2.75) is 11.4 Å². The van der Waals surface area contributed by atoms with Crippen LogP contribution in [0, 0.1) is 0 Å². The zero-order valence-corrected chi connectivity index (χ0v) is 13.9. The number of aromatic nitrogens is 4. The summed E-state index contributed by atoms with van der Waals surface area (Å²) in [6.07, 6.45) is 3.77. The molecule has 0 saturated carbocycles. The standard InChI is InChI=1S/C17H15N5OS/c1-24-12-4-2-11(3-5-12)16-18-7-6-13(20-16)14-10-15-17(23)19-8-9-22(15)21-14/h2-7,10H,8-9H2,1H3,(H,19,23). The second-order valence-electron chi connectivity index (χ2n) is 5.39. The third kappa shape index (κ3) is 2.67. The summed E-state index contributed by atoms with van der Waals surface area (Å²) in [4.78, 5) is 22.0. The molecule has 0 atom stereocenters. The summed E-state index contributed by atoms with van der Waals surface area (Å²) in [5.74, 6) is 0.553. The van der Waals surface area contributed by atoms with Gasteiger partial charge in [-0.05, 0) is 30.5 Å². The minimum Gasteiger partial charge on any atom is -0.349 e. The van der Waals surface area contributed by atoms with Gasteiger partial charge in [0.15, 0.2) is 5.82 Å². The molecule has 3 aromatic rings. The van der Waals surface area contributed by atoms with Gasteiger partial charge in [0.1, 0.15) is 11.4 Å². The minimum absolute atomic E-state index is 0.0954. The first-order valence-corrected chi connectivity index (χ1v) is 8.81. The second-order valence-corrected chi connectivity index (χ2v) is 6.27. The van der Waals surface area contributed by atoms with Gasteiger partial charge in [0, 0.05) is 23.2 Å². The quantitative estimate of drug-likeness (QED) is 0.743. The lowest BCUT2D eigenvalue weighted by atomic mass is 10.2. The number of hydrogen-bond acceptors (Lipinski definition) is 5. The van der Waals surface area contributed by atoms with Crippen LogP contribution < -0.4 is 5.32 Å². The van der Waals surface area contributed by atoms with Crippen LogP contribution >= 0.6 is 11.8 Å². The number of carbonyl (C=O) groups is 1. The topological polar surface area (TPSA) is 72.7 Å². The van der Waals surface area contributed by atoms with E-state index in [1.165, 1.54) is 4.90 Å². The predicted molar refractivity (Wildman–Crippen MR) is 92.8 cm³/mol. The predicted octanol–water partition coefficient (Wildman–Crippen LogP) is 2.47. The van der Waals surface area contributed by atoms with Crippen LogP contribution in [0.25, 0.3) is 22.8 Å². The smallest absolute Gasteiger partial charge is 0.269 e. The number of amides is 1. The highest BCUT2D eigenvalue weighted by atomic mass is 32.2. The van der Waals surface area contributed by atoms with Gasteiger partial charge in [-0.15, -0.1) is 11.8 Å². The molecule has 2 aromatic heterocycles. The highest BCUT2D eigenvalue weighted by molar-refractivity contribution is 7.98. The lowest BCUT2D eigenvalue weighted by Crippen LogP contribution is -2.35. The van der Waals surface area contributed by atoms with Gasteiger partial charge in [-0.1, -0.05) is 12.1 Å². The number of carbonyl (C=O) groups excluding carboxylic acids is 1. The molecule has 0 spiro atoms. The zero-order valence-electron chi connectivity index (χ0n) is 13.1. The summed E-state index contributed by atoms with van der Waals surface area (Å²) in [7, 11) is 0. The van der Waals surface area contributed by atoms with E-state index in [4.69, 9.17) is 0 Å². The number of thioether (sulfide) groups is 1. The second kappa shape index (κ2) is 6.09. The molecule has 120 valence electrons. The van der Waals surface area contributed by atoms with Crippen molar-refractivity contribution in [3.63, 3.8) is 0 Å². The van der Waals surface area contributed by atoms with Crippen LogP contribution in [0.15, 0.2) is 47.5 Å². The number of benzene rings is 1. The Hall–Kier alpha value is -2.67. The maximum atomic E-state index is 11.9. The molecular formula is C17H15N5OS. The van der Waals surface area contributed by atoms with Crippen molar-refractivity contribution in [3.8, 4) is 22.8 Å². The molecule has 0 bridgehead atoms. The molecule has 0 fully saturated rings. The van der Waals surface area contributed by atoms with E-state index in [9.17, 15) is 4.79 Å². The van der Waals surface area contributed by atoms with Gasteiger partial charge in [0.05, 0.1) is 12.2 Å². The SMILES string of the molecule is CSc1ccc(-c2nccc(-c3cc4n(n3)CCNC4=O)n2)cc1. The summed E-state index contributed by atoms with van der Waals surface area (Å²) in [6, 6.07) is 11.7. The first kappa shape index (κ1) is 14.9. The Kier molecular flexibility index (Phi) is 3.78. The van der Waals surface area contributed by atoms with Gasteiger partial charge in [0.2, 0.25) is 0 Å². The highest BCUT2D eigenvalue weighted by Gasteiger charge is 2.20. The molecule has 1 aliphatic rings. The zero-order chi connectivity index (χ0) is 16.5. The molecule has 3 heterocycles. The first-order chi connectivity index (χ1) is 11.7. The van der Waals surface area contributed by atoms with Crippen molar-refractivity contribution < 1.29 is 4.79 Å². The number of nitrogens with zero attached hydrogens (tertiary/aromatic N) is 4. The number of rotatable bonds is 3. The maximum Gasteiger partial charge on any atom is 0.269 e. The van der Waals surface area contributed by atoms with Crippen LogP contribution in [0.4, 0.5) is 0 Å². The summed E-state index contributed by atoms with van der Waals surface area (Å²) < 4.78 is 1.73. The van der Waals surface area contributed by atoms with Crippen molar-refractivity contribution in [3.05, 3.63) is 48.3 Å². The Balaban J connectivity index is 1.71. The Bertz CT molecular complexity index is 904. The largest absolute Gasteiger partial charge is 0.349 e. The summed E-state index contributed by atoms with van der Waals surface area (Å²) in [5.41, 5.74) is 2.92. The van der Waals surface area contributed by atoms with Crippen LogP contribution in [-0.4, -0.2) is 38.5 Å². The first-order valence-electron chi connectivity index (χ1n) is 7.58. The van der Waals surface area contributed by atoms with E-state index in [-0.39, 0.29) is 5.91 Å². The Morgan fingerprint density at radius 3 is 2.75 bits per heavy atom. The molecule has 0 unspecified atom stereocenters. The van der Waals surface area contributed by atoms with Gasteiger partial charge in [0.25, 0.3) is 5.91 Å². The molecule has 1 aromatic carbocycles. The van der Waals surface area contributed by atoms with Crippen molar-refractivity contribution in [1.82, 2.24) is 25.1 Å². The Morgan fingerprint density at radius 1 is 1.17 bits per heavy atom. The molecule has 0 saturated heterocycles. The molecular weight excluding hydrogens is 322 g/mol. The minimum atomic E-state index is -0.0954. The number of hydrogen-bond donors (Lipinski definition) is 1. The van der Waals surface area contributed by atoms with Crippen LogP contribution in [-0.2, 0) is 6.54 Å². The van der Waals surface area contributed by atoms with E-state index >= 15 is 0 Å². The van der Waals surface area contributed by atoms with Crippen molar-refractivity contribution >= 4 is 17.7 Å². The van der Waals surface area contributed by atoms with Crippen LogP contribution in [0.5, 0.6) is 0 Å². The van der Waals surface area contributed by atoms with Gasteiger partial charge in [-0.25, -0.2) is 9.97 Å². The third-order valence-corrected chi connectivity index (χ3v) is 4.63. The molecule has 6 nitrogen and oxygen atoms in total. The van der Waals surface area contributed by atoms with Crippen LogP contribution in [0.1, 0.15) is 10.5 Å². The van der Waals surface area contributed by atoms with Crippen LogP contribution in [0.2, 0.25) is 0 Å². The average Bonchev–Trinajstić information content (AvgIpc) is 3.08.